The zero-order valence-corrected chi connectivity index (χ0v) is 11.7. The Hall–Kier alpha value is -0.820. The van der Waals surface area contributed by atoms with Crippen LogP contribution >= 0.6 is 0 Å². The molecule has 0 saturated heterocycles. The van der Waals surface area contributed by atoms with Crippen molar-refractivity contribution in [3.05, 3.63) is 35.4 Å². The molecule has 18 heavy (non-hydrogen) atoms. The first kappa shape index (κ1) is 12.2. The molecule has 0 radical (unpaired) electrons. The maximum Gasteiger partial charge on any atom is 0.00788 e. The van der Waals surface area contributed by atoms with Crippen LogP contribution in [0.2, 0.25) is 0 Å². The Morgan fingerprint density at radius 1 is 1.28 bits per heavy atom. The first-order valence-electron chi connectivity index (χ1n) is 7.52. The van der Waals surface area contributed by atoms with E-state index in [4.69, 9.17) is 0 Å². The van der Waals surface area contributed by atoms with Crippen LogP contribution in [0.15, 0.2) is 24.3 Å². The molecule has 0 heterocycles. The van der Waals surface area contributed by atoms with Crippen molar-refractivity contribution >= 4 is 0 Å². The van der Waals surface area contributed by atoms with Gasteiger partial charge < -0.3 is 5.32 Å². The van der Waals surface area contributed by atoms with Gasteiger partial charge in [-0.3, -0.25) is 0 Å². The second kappa shape index (κ2) is 5.05. The molecule has 2 aliphatic carbocycles. The van der Waals surface area contributed by atoms with E-state index >= 15 is 0 Å². The molecular formula is C17H25N. The SMILES string of the molecule is Cc1cccc(C2CC(NCC(C)C3CC3)C2)c1. The average Bonchev–Trinajstić information content (AvgIpc) is 3.10. The smallest absolute Gasteiger partial charge is 0.00788 e. The van der Waals surface area contributed by atoms with Crippen LogP contribution in [0.1, 0.15) is 49.7 Å². The lowest BCUT2D eigenvalue weighted by atomic mass is 9.75. The second-order valence-corrected chi connectivity index (χ2v) is 6.50. The molecule has 0 aromatic heterocycles. The van der Waals surface area contributed by atoms with Gasteiger partial charge in [0.1, 0.15) is 0 Å². The number of hydrogen-bond acceptors (Lipinski definition) is 1. The summed E-state index contributed by atoms with van der Waals surface area (Å²) in [7, 11) is 0. The number of aryl methyl sites for hydroxylation is 1. The van der Waals surface area contributed by atoms with Crippen molar-refractivity contribution in [2.75, 3.05) is 6.54 Å². The van der Waals surface area contributed by atoms with Gasteiger partial charge in [0, 0.05) is 6.04 Å². The third-order valence-corrected chi connectivity index (χ3v) is 4.81. The van der Waals surface area contributed by atoms with E-state index in [9.17, 15) is 0 Å². The van der Waals surface area contributed by atoms with E-state index in [2.05, 4.69) is 43.4 Å². The van der Waals surface area contributed by atoms with Crippen molar-refractivity contribution in [2.45, 2.75) is 51.5 Å². The van der Waals surface area contributed by atoms with Crippen LogP contribution < -0.4 is 5.32 Å². The molecule has 1 unspecified atom stereocenters. The van der Waals surface area contributed by atoms with Crippen molar-refractivity contribution in [1.82, 2.24) is 5.32 Å². The third-order valence-electron chi connectivity index (χ3n) is 4.81. The Balaban J connectivity index is 1.42. The Bertz CT molecular complexity index is 402. The molecule has 0 bridgehead atoms. The minimum Gasteiger partial charge on any atom is -0.314 e. The van der Waals surface area contributed by atoms with E-state index in [-0.39, 0.29) is 0 Å². The predicted octanol–water partition coefficient (Wildman–Crippen LogP) is 3.88. The topological polar surface area (TPSA) is 12.0 Å². The van der Waals surface area contributed by atoms with Crippen LogP contribution in [0, 0.1) is 18.8 Å². The Kier molecular flexibility index (Phi) is 3.43. The molecule has 1 N–H and O–H groups in total. The lowest BCUT2D eigenvalue weighted by molar-refractivity contribution is 0.273. The Morgan fingerprint density at radius 3 is 2.72 bits per heavy atom. The summed E-state index contributed by atoms with van der Waals surface area (Å²) in [6.07, 6.45) is 5.61. The molecule has 2 aliphatic rings. The summed E-state index contributed by atoms with van der Waals surface area (Å²) in [5.41, 5.74) is 2.94. The van der Waals surface area contributed by atoms with Crippen LogP contribution in [0.5, 0.6) is 0 Å². The molecule has 0 spiro atoms. The first-order valence-corrected chi connectivity index (χ1v) is 7.52. The highest BCUT2D eigenvalue weighted by molar-refractivity contribution is 5.27. The number of nitrogens with one attached hydrogen (secondary N) is 1. The normalized spacial score (nSPS) is 28.8. The molecule has 1 heteroatoms. The van der Waals surface area contributed by atoms with Gasteiger partial charge in [-0.25, -0.2) is 0 Å². The molecule has 0 amide bonds. The highest BCUT2D eigenvalue weighted by Crippen LogP contribution is 2.39. The summed E-state index contributed by atoms with van der Waals surface area (Å²) < 4.78 is 0. The molecule has 98 valence electrons. The lowest BCUT2D eigenvalue weighted by Gasteiger charge is -2.37. The van der Waals surface area contributed by atoms with Crippen molar-refractivity contribution in [3.8, 4) is 0 Å². The highest BCUT2D eigenvalue weighted by atomic mass is 14.9. The summed E-state index contributed by atoms with van der Waals surface area (Å²) in [5, 5.41) is 3.75. The zero-order chi connectivity index (χ0) is 12.5. The van der Waals surface area contributed by atoms with E-state index in [1.54, 1.807) is 5.56 Å². The standard InChI is InChI=1S/C17H25N/c1-12-4-3-5-15(8-12)16-9-17(10-16)18-11-13(2)14-6-7-14/h3-5,8,13-14,16-18H,6-7,9-11H2,1-2H3. The molecule has 1 aromatic carbocycles. The Morgan fingerprint density at radius 2 is 2.06 bits per heavy atom. The van der Waals surface area contributed by atoms with E-state index in [1.807, 2.05) is 0 Å². The van der Waals surface area contributed by atoms with Crippen LogP contribution in [-0.4, -0.2) is 12.6 Å². The molecular weight excluding hydrogens is 218 g/mol. The minimum atomic E-state index is 0.775. The van der Waals surface area contributed by atoms with Gasteiger partial charge in [-0.15, -0.1) is 0 Å². The van der Waals surface area contributed by atoms with Crippen molar-refractivity contribution in [2.24, 2.45) is 11.8 Å². The maximum atomic E-state index is 3.75. The molecule has 3 rings (SSSR count). The van der Waals surface area contributed by atoms with Crippen molar-refractivity contribution in [1.29, 1.82) is 0 Å². The largest absolute Gasteiger partial charge is 0.314 e. The summed E-state index contributed by atoms with van der Waals surface area (Å²) in [6.45, 7) is 5.83. The van der Waals surface area contributed by atoms with Gasteiger partial charge in [0.05, 0.1) is 0 Å². The van der Waals surface area contributed by atoms with Crippen LogP contribution in [0.3, 0.4) is 0 Å². The summed E-state index contributed by atoms with van der Waals surface area (Å²) >= 11 is 0. The van der Waals surface area contributed by atoms with Gasteiger partial charge >= 0.3 is 0 Å². The van der Waals surface area contributed by atoms with E-state index < -0.39 is 0 Å². The number of rotatable bonds is 5. The molecule has 1 nitrogen and oxygen atoms in total. The quantitative estimate of drug-likeness (QED) is 0.827. The fraction of sp³-hybridized carbons (Fsp3) is 0.647. The van der Waals surface area contributed by atoms with E-state index in [0.29, 0.717) is 0 Å². The lowest BCUT2D eigenvalue weighted by Crippen LogP contribution is -2.42. The second-order valence-electron chi connectivity index (χ2n) is 6.50. The van der Waals surface area contributed by atoms with Gasteiger partial charge in [0.2, 0.25) is 0 Å². The summed E-state index contributed by atoms with van der Waals surface area (Å²) in [5.74, 6) is 2.73. The van der Waals surface area contributed by atoms with Gasteiger partial charge in [-0.2, -0.15) is 0 Å². The number of hydrogen-bond donors (Lipinski definition) is 1. The van der Waals surface area contributed by atoms with E-state index in [1.165, 1.54) is 37.8 Å². The average molecular weight is 243 g/mol. The molecule has 2 saturated carbocycles. The zero-order valence-electron chi connectivity index (χ0n) is 11.7. The maximum absolute atomic E-state index is 3.75. The minimum absolute atomic E-state index is 0.775. The first-order chi connectivity index (χ1) is 8.72. The van der Waals surface area contributed by atoms with Gasteiger partial charge in [0.25, 0.3) is 0 Å². The van der Waals surface area contributed by atoms with Crippen molar-refractivity contribution < 1.29 is 0 Å². The van der Waals surface area contributed by atoms with Crippen molar-refractivity contribution in [3.63, 3.8) is 0 Å². The summed E-state index contributed by atoms with van der Waals surface area (Å²) in [4.78, 5) is 0. The molecule has 1 aromatic rings. The van der Waals surface area contributed by atoms with Gasteiger partial charge in [0.15, 0.2) is 0 Å². The van der Waals surface area contributed by atoms with Gasteiger partial charge in [-0.1, -0.05) is 36.8 Å². The predicted molar refractivity (Wildman–Crippen MR) is 76.8 cm³/mol. The van der Waals surface area contributed by atoms with Crippen LogP contribution in [-0.2, 0) is 0 Å². The van der Waals surface area contributed by atoms with Crippen LogP contribution in [0.4, 0.5) is 0 Å². The highest BCUT2D eigenvalue weighted by Gasteiger charge is 2.32. The molecule has 0 aliphatic heterocycles. The Labute approximate surface area is 111 Å². The third kappa shape index (κ3) is 2.77. The fourth-order valence-corrected chi connectivity index (χ4v) is 3.17. The number of benzene rings is 1. The van der Waals surface area contributed by atoms with Crippen LogP contribution in [0.25, 0.3) is 0 Å². The monoisotopic (exact) mass is 243 g/mol. The molecule has 1 atom stereocenters. The summed E-state index contributed by atoms with van der Waals surface area (Å²) in [6, 6.07) is 9.81. The van der Waals surface area contributed by atoms with E-state index in [0.717, 1.165) is 23.8 Å². The van der Waals surface area contributed by atoms with Gasteiger partial charge in [-0.05, 0) is 62.5 Å². The fourth-order valence-electron chi connectivity index (χ4n) is 3.17. The molecule has 2 fully saturated rings.